The third-order valence-corrected chi connectivity index (χ3v) is 12.0. The van der Waals surface area contributed by atoms with E-state index in [1.165, 1.54) is 0 Å². The maximum Gasteiger partial charge on any atom is 0.230 e. The molecule has 3 heterocycles. The lowest BCUT2D eigenvalue weighted by atomic mass is 9.56. The third-order valence-electron chi connectivity index (χ3n) is 10.7. The van der Waals surface area contributed by atoms with Crippen molar-refractivity contribution >= 4 is 17.5 Å². The molecule has 1 fully saturated rings. The molecular weight excluding hydrogens is 713 g/mol. The molecule has 3 aromatic rings. The molecule has 0 amide bonds. The van der Waals surface area contributed by atoms with Crippen LogP contribution >= 0.6 is 11.8 Å². The molecule has 0 saturated heterocycles. The fourth-order valence-corrected chi connectivity index (χ4v) is 9.74. The number of allylic oxidation sites excluding steroid dienone is 1. The molecule has 0 bridgehead atoms. The summed E-state index contributed by atoms with van der Waals surface area (Å²) in [4.78, 5) is 19.7. The number of unbranched alkanes of at least 4 members (excludes halogenated alkanes) is 2. The Kier molecular flexibility index (Phi) is 14.1. The van der Waals surface area contributed by atoms with E-state index in [1.807, 2.05) is 76.0 Å². The highest BCUT2D eigenvalue weighted by molar-refractivity contribution is 8.00. The highest BCUT2D eigenvalue weighted by Crippen LogP contribution is 2.62. The molecule has 1 aromatic carbocycles. The van der Waals surface area contributed by atoms with Crippen LogP contribution in [-0.4, -0.2) is 73.1 Å². The van der Waals surface area contributed by atoms with E-state index in [1.54, 1.807) is 18.5 Å². The number of benzene rings is 1. The first-order valence-electron chi connectivity index (χ1n) is 19.8. The Bertz CT molecular complexity index is 1780. The number of aromatic nitrogens is 3. The van der Waals surface area contributed by atoms with Crippen LogP contribution < -0.4 is 9.47 Å². The van der Waals surface area contributed by atoms with E-state index in [-0.39, 0.29) is 42.1 Å². The van der Waals surface area contributed by atoms with Crippen molar-refractivity contribution in [3.05, 3.63) is 102 Å². The molecule has 296 valence electrons. The second-order valence-corrected chi connectivity index (χ2v) is 17.1. The molecule has 0 radical (unpaired) electrons. The SMILES string of the molecule is C=CCO[C@@]12Oc3ccc(OCc4cccc(C)n4)cc3[C@H]3[C@H](CCCCO)[C@@H](CCCCO)C=C(C(=NOC(C)(C)C)C[C@@H]1SCCc1cnccn1)[C@H]32. The summed E-state index contributed by atoms with van der Waals surface area (Å²) in [5, 5.41) is 24.5. The van der Waals surface area contributed by atoms with E-state index in [4.69, 9.17) is 24.2 Å². The zero-order valence-electron chi connectivity index (χ0n) is 32.9. The van der Waals surface area contributed by atoms with Crippen LogP contribution in [0, 0.1) is 24.7 Å². The van der Waals surface area contributed by atoms with Crippen molar-refractivity contribution < 1.29 is 29.3 Å². The van der Waals surface area contributed by atoms with Gasteiger partial charge in [0.25, 0.3) is 0 Å². The zero-order chi connectivity index (χ0) is 38.8. The number of rotatable bonds is 19. The molecule has 1 saturated carbocycles. The topological polar surface area (TPSA) is 128 Å². The second-order valence-electron chi connectivity index (χ2n) is 15.8. The first-order valence-corrected chi connectivity index (χ1v) is 20.9. The number of oxime groups is 1. The normalized spacial score (nSPS) is 25.0. The molecule has 1 aliphatic heterocycles. The molecule has 11 heteroatoms. The predicted octanol–water partition coefficient (Wildman–Crippen LogP) is 8.17. The van der Waals surface area contributed by atoms with Gasteiger partial charge in [-0.2, -0.15) is 11.8 Å². The van der Waals surface area contributed by atoms with Crippen LogP contribution in [0.15, 0.2) is 84.4 Å². The van der Waals surface area contributed by atoms with E-state index >= 15 is 0 Å². The largest absolute Gasteiger partial charge is 0.487 e. The van der Waals surface area contributed by atoms with Gasteiger partial charge in [0, 0.05) is 61.8 Å². The van der Waals surface area contributed by atoms with Gasteiger partial charge in [0.05, 0.1) is 34.9 Å². The van der Waals surface area contributed by atoms with Crippen molar-refractivity contribution in [2.24, 2.45) is 22.9 Å². The number of aryl methyl sites for hydroxylation is 2. The Morgan fingerprint density at radius 2 is 1.87 bits per heavy atom. The van der Waals surface area contributed by atoms with Crippen molar-refractivity contribution in [1.82, 2.24) is 15.0 Å². The molecular formula is C44H58N4O6S. The molecule has 10 nitrogen and oxygen atoms in total. The van der Waals surface area contributed by atoms with Crippen molar-refractivity contribution in [2.75, 3.05) is 25.6 Å². The summed E-state index contributed by atoms with van der Waals surface area (Å²) in [7, 11) is 0. The van der Waals surface area contributed by atoms with Crippen molar-refractivity contribution in [3.8, 4) is 11.5 Å². The number of aliphatic hydroxyl groups is 2. The average molecular weight is 771 g/mol. The molecule has 0 unspecified atom stereocenters. The summed E-state index contributed by atoms with van der Waals surface area (Å²) >= 11 is 1.82. The molecule has 2 aliphatic carbocycles. The maximum absolute atomic E-state index is 9.91. The minimum absolute atomic E-state index is 0.0183. The molecule has 0 spiro atoms. The zero-order valence-corrected chi connectivity index (χ0v) is 33.7. The summed E-state index contributed by atoms with van der Waals surface area (Å²) in [6.07, 6.45) is 15.9. The van der Waals surface area contributed by atoms with Gasteiger partial charge in [-0.1, -0.05) is 36.2 Å². The van der Waals surface area contributed by atoms with Crippen LogP contribution in [-0.2, 0) is 22.6 Å². The number of thioether (sulfide) groups is 1. The van der Waals surface area contributed by atoms with Crippen molar-refractivity contribution in [2.45, 2.75) is 108 Å². The van der Waals surface area contributed by atoms with Crippen LogP contribution in [0.4, 0.5) is 0 Å². The van der Waals surface area contributed by atoms with Gasteiger partial charge in [0.2, 0.25) is 5.79 Å². The highest BCUT2D eigenvalue weighted by Gasteiger charge is 2.64. The number of hydrogen-bond donors (Lipinski definition) is 2. The molecule has 3 aliphatic rings. The Morgan fingerprint density at radius 3 is 2.60 bits per heavy atom. The van der Waals surface area contributed by atoms with Gasteiger partial charge in [-0.15, -0.1) is 6.58 Å². The van der Waals surface area contributed by atoms with Gasteiger partial charge in [-0.05, 0) is 107 Å². The van der Waals surface area contributed by atoms with E-state index in [9.17, 15) is 10.2 Å². The van der Waals surface area contributed by atoms with Crippen LogP contribution in [0.2, 0.25) is 0 Å². The summed E-state index contributed by atoms with van der Waals surface area (Å²) in [6.45, 7) is 13.1. The number of hydrogen-bond acceptors (Lipinski definition) is 11. The van der Waals surface area contributed by atoms with Gasteiger partial charge < -0.3 is 29.3 Å². The Hall–Kier alpha value is -3.77. The van der Waals surface area contributed by atoms with Crippen LogP contribution in [0.1, 0.15) is 94.3 Å². The Labute approximate surface area is 330 Å². The fourth-order valence-electron chi connectivity index (χ4n) is 8.36. The lowest BCUT2D eigenvalue weighted by molar-refractivity contribution is -0.223. The lowest BCUT2D eigenvalue weighted by Gasteiger charge is -2.58. The number of fused-ring (bicyclic) bond motifs is 2. The molecule has 6 rings (SSSR count). The van der Waals surface area contributed by atoms with Crippen molar-refractivity contribution in [1.29, 1.82) is 0 Å². The second kappa shape index (κ2) is 18.9. The molecule has 2 N–H and O–H groups in total. The van der Waals surface area contributed by atoms with Crippen LogP contribution in [0.25, 0.3) is 0 Å². The molecule has 6 atom stereocenters. The Morgan fingerprint density at radius 1 is 1.05 bits per heavy atom. The van der Waals surface area contributed by atoms with Crippen molar-refractivity contribution in [3.63, 3.8) is 0 Å². The molecule has 2 aromatic heterocycles. The summed E-state index contributed by atoms with van der Waals surface area (Å²) in [5.41, 5.74) is 5.39. The number of ether oxygens (including phenoxy) is 3. The van der Waals surface area contributed by atoms with Crippen LogP contribution in [0.3, 0.4) is 0 Å². The number of pyridine rings is 1. The smallest absolute Gasteiger partial charge is 0.230 e. The average Bonchev–Trinajstić information content (AvgIpc) is 3.17. The Balaban J connectivity index is 1.49. The van der Waals surface area contributed by atoms with Gasteiger partial charge in [0.1, 0.15) is 23.7 Å². The number of nitrogens with zero attached hydrogens (tertiary/aromatic N) is 4. The monoisotopic (exact) mass is 770 g/mol. The minimum atomic E-state index is -1.04. The van der Waals surface area contributed by atoms with Gasteiger partial charge in [0.15, 0.2) is 0 Å². The van der Waals surface area contributed by atoms with E-state index in [2.05, 4.69) is 33.7 Å². The van der Waals surface area contributed by atoms with Gasteiger partial charge in [-0.3, -0.25) is 15.0 Å². The maximum atomic E-state index is 9.91. The summed E-state index contributed by atoms with van der Waals surface area (Å²) in [6, 6.07) is 12.2. The highest BCUT2D eigenvalue weighted by atomic mass is 32.2. The predicted molar refractivity (Wildman–Crippen MR) is 217 cm³/mol. The summed E-state index contributed by atoms with van der Waals surface area (Å²) < 4.78 is 20.8. The van der Waals surface area contributed by atoms with E-state index in [0.29, 0.717) is 19.6 Å². The minimum Gasteiger partial charge on any atom is -0.487 e. The van der Waals surface area contributed by atoms with Crippen LogP contribution in [0.5, 0.6) is 11.5 Å². The number of aliphatic hydroxyl groups excluding tert-OH is 2. The van der Waals surface area contributed by atoms with E-state index < -0.39 is 11.4 Å². The first-order chi connectivity index (χ1) is 26.7. The lowest BCUT2D eigenvalue weighted by Crippen LogP contribution is -2.64. The fraction of sp³-hybridized carbons (Fsp3) is 0.545. The van der Waals surface area contributed by atoms with Gasteiger partial charge >= 0.3 is 0 Å². The quantitative estimate of drug-likeness (QED) is 0.0700. The van der Waals surface area contributed by atoms with Gasteiger partial charge in [-0.25, -0.2) is 0 Å². The standard InChI is InChI=1S/C44H58N4O6S/c1-6-23-52-44-40(55-24-18-32-28-45-19-20-46-32)27-38(48-54-43(3,4)5)36-25-31(13-7-9-21-49)35(15-8-10-22-50)41(42(36)44)37-26-34(16-17-39(37)53-44)51-29-33-14-11-12-30(2)47-33/h6,11-12,14,16-17,19-20,25-26,28,31,35,40-42,49-50H,1,7-10,13,15,18,21-24,27,29H2,2-5H3/t31-,35+,40-,41+,42+,44+/m0/s1. The third kappa shape index (κ3) is 9.97. The van der Waals surface area contributed by atoms with E-state index in [0.717, 1.165) is 96.1 Å². The summed E-state index contributed by atoms with van der Waals surface area (Å²) in [5.74, 6) is 1.46. The first kappa shape index (κ1) is 40.9. The molecule has 55 heavy (non-hydrogen) atoms.